The summed E-state index contributed by atoms with van der Waals surface area (Å²) in [4.78, 5) is 14.3. The van der Waals surface area contributed by atoms with Crippen molar-refractivity contribution >= 4 is 33.2 Å². The molecule has 1 N–H and O–H groups in total. The number of amides is 1. The van der Waals surface area contributed by atoms with E-state index in [9.17, 15) is 4.79 Å². The SMILES string of the molecule is CCC[C@H]1C[C@@H](Nc2ccccc2)c2cc(Br)ccc2N1C(C)=O. The van der Waals surface area contributed by atoms with E-state index in [0.29, 0.717) is 0 Å². The molecule has 24 heavy (non-hydrogen) atoms. The second-order valence-electron chi connectivity index (χ2n) is 6.33. The molecular formula is C20H23BrN2O. The smallest absolute Gasteiger partial charge is 0.224 e. The molecule has 0 spiro atoms. The molecule has 0 unspecified atom stereocenters. The van der Waals surface area contributed by atoms with E-state index in [1.54, 1.807) is 6.92 Å². The first-order valence-electron chi connectivity index (χ1n) is 8.51. The molecular weight excluding hydrogens is 364 g/mol. The van der Waals surface area contributed by atoms with Gasteiger partial charge in [-0.1, -0.05) is 47.5 Å². The number of fused-ring (bicyclic) bond motifs is 1. The molecule has 1 aliphatic heterocycles. The summed E-state index contributed by atoms with van der Waals surface area (Å²) < 4.78 is 1.04. The number of nitrogens with zero attached hydrogens (tertiary/aromatic N) is 1. The van der Waals surface area contributed by atoms with Gasteiger partial charge in [0.15, 0.2) is 0 Å². The molecule has 4 heteroatoms. The Morgan fingerprint density at radius 3 is 2.67 bits per heavy atom. The van der Waals surface area contributed by atoms with E-state index in [0.717, 1.165) is 35.1 Å². The highest BCUT2D eigenvalue weighted by Crippen LogP contribution is 2.41. The molecule has 2 aromatic carbocycles. The van der Waals surface area contributed by atoms with E-state index in [1.165, 1.54) is 5.56 Å². The molecule has 3 rings (SSSR count). The van der Waals surface area contributed by atoms with E-state index < -0.39 is 0 Å². The fraction of sp³-hybridized carbons (Fsp3) is 0.350. The zero-order valence-corrected chi connectivity index (χ0v) is 15.7. The average Bonchev–Trinajstić information content (AvgIpc) is 2.56. The first-order chi connectivity index (χ1) is 11.6. The van der Waals surface area contributed by atoms with Crippen LogP contribution >= 0.6 is 15.9 Å². The number of nitrogens with one attached hydrogen (secondary N) is 1. The molecule has 0 bridgehead atoms. The van der Waals surface area contributed by atoms with Crippen molar-refractivity contribution in [3.8, 4) is 0 Å². The van der Waals surface area contributed by atoms with Crippen LogP contribution in [0.2, 0.25) is 0 Å². The quantitative estimate of drug-likeness (QED) is 0.748. The lowest BCUT2D eigenvalue weighted by Crippen LogP contribution is -2.44. The van der Waals surface area contributed by atoms with E-state index in [-0.39, 0.29) is 18.0 Å². The van der Waals surface area contributed by atoms with Gasteiger partial charge in [0.05, 0.1) is 6.04 Å². The van der Waals surface area contributed by atoms with E-state index in [2.05, 4.69) is 52.4 Å². The Labute approximate surface area is 152 Å². The summed E-state index contributed by atoms with van der Waals surface area (Å²) in [7, 11) is 0. The van der Waals surface area contributed by atoms with Crippen molar-refractivity contribution in [2.24, 2.45) is 0 Å². The van der Waals surface area contributed by atoms with Crippen molar-refractivity contribution in [2.75, 3.05) is 10.2 Å². The predicted molar refractivity (Wildman–Crippen MR) is 103 cm³/mol. The van der Waals surface area contributed by atoms with E-state index >= 15 is 0 Å². The minimum atomic E-state index is 0.121. The van der Waals surface area contributed by atoms with Gasteiger partial charge in [0, 0.05) is 28.8 Å². The van der Waals surface area contributed by atoms with Crippen LogP contribution in [0.5, 0.6) is 0 Å². The van der Waals surface area contributed by atoms with Crippen molar-refractivity contribution in [1.29, 1.82) is 0 Å². The van der Waals surface area contributed by atoms with Crippen LogP contribution in [-0.2, 0) is 4.79 Å². The maximum Gasteiger partial charge on any atom is 0.224 e. The highest BCUT2D eigenvalue weighted by Gasteiger charge is 2.34. The topological polar surface area (TPSA) is 32.3 Å². The minimum Gasteiger partial charge on any atom is -0.378 e. The lowest BCUT2D eigenvalue weighted by atomic mass is 9.88. The first kappa shape index (κ1) is 17.0. The molecule has 3 nitrogen and oxygen atoms in total. The van der Waals surface area contributed by atoms with Crippen LogP contribution in [0.4, 0.5) is 11.4 Å². The third kappa shape index (κ3) is 3.48. The highest BCUT2D eigenvalue weighted by molar-refractivity contribution is 9.10. The Hall–Kier alpha value is -1.81. The molecule has 0 saturated heterocycles. The Bertz CT molecular complexity index is 717. The predicted octanol–water partition coefficient (Wildman–Crippen LogP) is 5.53. The Balaban J connectivity index is 2.01. The summed E-state index contributed by atoms with van der Waals surface area (Å²) in [6, 6.07) is 16.9. The minimum absolute atomic E-state index is 0.121. The molecule has 0 radical (unpaired) electrons. The van der Waals surface area contributed by atoms with Gasteiger partial charge in [0.1, 0.15) is 0 Å². The van der Waals surface area contributed by atoms with Crippen molar-refractivity contribution < 1.29 is 4.79 Å². The van der Waals surface area contributed by atoms with Gasteiger partial charge in [-0.15, -0.1) is 0 Å². The lowest BCUT2D eigenvalue weighted by molar-refractivity contribution is -0.117. The second kappa shape index (κ2) is 7.39. The maximum absolute atomic E-state index is 12.3. The second-order valence-corrected chi connectivity index (χ2v) is 7.25. The van der Waals surface area contributed by atoms with Gasteiger partial charge in [-0.2, -0.15) is 0 Å². The number of hydrogen-bond acceptors (Lipinski definition) is 2. The van der Waals surface area contributed by atoms with E-state index in [1.807, 2.05) is 29.2 Å². The van der Waals surface area contributed by atoms with Gasteiger partial charge in [-0.3, -0.25) is 4.79 Å². The van der Waals surface area contributed by atoms with Gasteiger partial charge in [-0.05, 0) is 48.7 Å². The van der Waals surface area contributed by atoms with Gasteiger partial charge >= 0.3 is 0 Å². The van der Waals surface area contributed by atoms with Crippen LogP contribution < -0.4 is 10.2 Å². The Morgan fingerprint density at radius 1 is 1.25 bits per heavy atom. The molecule has 1 amide bonds. The van der Waals surface area contributed by atoms with Gasteiger partial charge < -0.3 is 10.2 Å². The lowest BCUT2D eigenvalue weighted by Gasteiger charge is -2.41. The molecule has 2 aromatic rings. The maximum atomic E-state index is 12.3. The number of carbonyl (C=O) groups excluding carboxylic acids is 1. The Kier molecular flexibility index (Phi) is 5.24. The monoisotopic (exact) mass is 386 g/mol. The van der Waals surface area contributed by atoms with Gasteiger partial charge in [-0.25, -0.2) is 0 Å². The van der Waals surface area contributed by atoms with Crippen molar-refractivity contribution in [1.82, 2.24) is 0 Å². The van der Waals surface area contributed by atoms with Gasteiger partial charge in [0.2, 0.25) is 5.91 Å². The van der Waals surface area contributed by atoms with Crippen molar-refractivity contribution in [3.05, 3.63) is 58.6 Å². The molecule has 0 aromatic heterocycles. The molecule has 1 aliphatic rings. The normalized spacial score (nSPS) is 19.7. The fourth-order valence-electron chi connectivity index (χ4n) is 3.60. The number of anilines is 2. The zero-order chi connectivity index (χ0) is 17.1. The molecule has 0 aliphatic carbocycles. The summed E-state index contributed by atoms with van der Waals surface area (Å²) in [5, 5.41) is 3.65. The number of halogens is 1. The van der Waals surface area contributed by atoms with Crippen LogP contribution in [-0.4, -0.2) is 11.9 Å². The standard InChI is InChI=1S/C20H23BrN2O/c1-3-7-17-13-19(22-16-8-5-4-6-9-16)18-12-15(21)10-11-20(18)23(17)14(2)24/h4-6,8-12,17,19,22H,3,7,13H2,1-2H3/t17-,19+/m0/s1. The summed E-state index contributed by atoms with van der Waals surface area (Å²) in [6.07, 6.45) is 3.01. The number of rotatable bonds is 4. The van der Waals surface area contributed by atoms with Crippen LogP contribution in [0, 0.1) is 0 Å². The summed E-state index contributed by atoms with van der Waals surface area (Å²) in [5.74, 6) is 0.121. The summed E-state index contributed by atoms with van der Waals surface area (Å²) >= 11 is 3.57. The van der Waals surface area contributed by atoms with Gasteiger partial charge in [0.25, 0.3) is 0 Å². The van der Waals surface area contributed by atoms with Crippen LogP contribution in [0.25, 0.3) is 0 Å². The number of para-hydroxylation sites is 1. The fourth-order valence-corrected chi connectivity index (χ4v) is 3.98. The van der Waals surface area contributed by atoms with Crippen LogP contribution in [0.15, 0.2) is 53.0 Å². The summed E-state index contributed by atoms with van der Waals surface area (Å²) in [5.41, 5.74) is 3.32. The molecule has 2 atom stereocenters. The molecule has 0 saturated carbocycles. The van der Waals surface area contributed by atoms with E-state index in [4.69, 9.17) is 0 Å². The first-order valence-corrected chi connectivity index (χ1v) is 9.30. The molecule has 1 heterocycles. The zero-order valence-electron chi connectivity index (χ0n) is 14.1. The average molecular weight is 387 g/mol. The molecule has 126 valence electrons. The van der Waals surface area contributed by atoms with Crippen molar-refractivity contribution in [3.63, 3.8) is 0 Å². The number of hydrogen-bond donors (Lipinski definition) is 1. The molecule has 0 fully saturated rings. The third-order valence-corrected chi connectivity index (χ3v) is 5.07. The van der Waals surface area contributed by atoms with Crippen LogP contribution in [0.3, 0.4) is 0 Å². The Morgan fingerprint density at radius 2 is 2.00 bits per heavy atom. The number of carbonyl (C=O) groups is 1. The highest BCUT2D eigenvalue weighted by atomic mass is 79.9. The van der Waals surface area contributed by atoms with Crippen LogP contribution in [0.1, 0.15) is 44.7 Å². The third-order valence-electron chi connectivity index (χ3n) is 4.57. The largest absolute Gasteiger partial charge is 0.378 e. The van der Waals surface area contributed by atoms with Crippen molar-refractivity contribution in [2.45, 2.75) is 45.2 Å². The number of benzene rings is 2. The summed E-state index contributed by atoms with van der Waals surface area (Å²) in [6.45, 7) is 3.84.